The van der Waals surface area contributed by atoms with E-state index >= 15 is 0 Å². The van der Waals surface area contributed by atoms with Crippen molar-refractivity contribution in [3.63, 3.8) is 0 Å². The van der Waals surface area contributed by atoms with Crippen LogP contribution < -0.4 is 0 Å². The van der Waals surface area contributed by atoms with Crippen LogP contribution in [0.25, 0.3) is 0 Å². The van der Waals surface area contributed by atoms with Crippen molar-refractivity contribution in [1.29, 1.82) is 0 Å². The molecule has 0 aromatic rings. The van der Waals surface area contributed by atoms with E-state index in [0.29, 0.717) is 0 Å². The van der Waals surface area contributed by atoms with Crippen LogP contribution in [0.2, 0.25) is 0 Å². The van der Waals surface area contributed by atoms with Gasteiger partial charge in [0.1, 0.15) is 0 Å². The third-order valence-electron chi connectivity index (χ3n) is 0. The fourth-order valence-corrected chi connectivity index (χ4v) is 0. The van der Waals surface area contributed by atoms with E-state index in [-0.39, 0.29) is 105 Å². The van der Waals surface area contributed by atoms with Crippen LogP contribution in [0.4, 0.5) is 0 Å². The molecule has 0 atom stereocenters. The van der Waals surface area contributed by atoms with Crippen molar-refractivity contribution < 1.29 is 105 Å². The monoisotopic (exact) mass is 975 g/mol. The molecule has 0 fully saturated rings. The van der Waals surface area contributed by atoms with Crippen LogP contribution in [0, 0.1) is 0 Å². The second kappa shape index (κ2) is 26.1. The van der Waals surface area contributed by atoms with E-state index in [2.05, 4.69) is 0 Å². The molecule has 0 aliphatic carbocycles. The van der Waals surface area contributed by atoms with Gasteiger partial charge in [-0.25, -0.2) is 0 Å². The molecule has 0 saturated heterocycles. The second-order valence-corrected chi connectivity index (χ2v) is 0. The molecule has 0 aromatic carbocycles. The standard InChI is InChI=1S/5Pt. The molecule has 5 heavy (non-hydrogen) atoms. The summed E-state index contributed by atoms with van der Waals surface area (Å²) in [5.41, 5.74) is 0. The quantitative estimate of drug-likeness (QED) is 0.321. The van der Waals surface area contributed by atoms with Crippen LogP contribution >= 0.6 is 0 Å². The molecule has 0 bridgehead atoms. The summed E-state index contributed by atoms with van der Waals surface area (Å²) in [5.74, 6) is 0. The average molecular weight is 975 g/mol. The van der Waals surface area contributed by atoms with Gasteiger partial charge in [0.05, 0.1) is 0 Å². The van der Waals surface area contributed by atoms with Crippen molar-refractivity contribution in [2.24, 2.45) is 0 Å². The molecular formula is Pt5. The van der Waals surface area contributed by atoms with Gasteiger partial charge in [0.25, 0.3) is 0 Å². The Morgan fingerprint density at radius 1 is 0.200 bits per heavy atom. The fraction of sp³-hybridized carbons (Fsp3) is 0. The molecule has 0 amide bonds. The summed E-state index contributed by atoms with van der Waals surface area (Å²) in [6, 6.07) is 0. The van der Waals surface area contributed by atoms with E-state index in [0.717, 1.165) is 0 Å². The van der Waals surface area contributed by atoms with Crippen LogP contribution in [0.1, 0.15) is 0 Å². The first kappa shape index (κ1) is 39.5. The zero-order chi connectivity index (χ0) is 0. The number of hydrogen-bond acceptors (Lipinski definition) is 0. The Hall–Kier alpha value is 3.44. The Kier molecular flexibility index (Phi) is 206. The van der Waals surface area contributed by atoms with E-state index in [1.807, 2.05) is 0 Å². The summed E-state index contributed by atoms with van der Waals surface area (Å²) in [4.78, 5) is 0. The minimum atomic E-state index is 0. The van der Waals surface area contributed by atoms with Gasteiger partial charge in [-0.2, -0.15) is 0 Å². The molecule has 0 rings (SSSR count). The Morgan fingerprint density at radius 3 is 0.200 bits per heavy atom. The molecule has 0 N–H and O–H groups in total. The van der Waals surface area contributed by atoms with Gasteiger partial charge in [-0.3, -0.25) is 0 Å². The van der Waals surface area contributed by atoms with Crippen LogP contribution in [0.5, 0.6) is 0 Å². The molecule has 0 radical (unpaired) electrons. The van der Waals surface area contributed by atoms with Crippen molar-refractivity contribution in [2.75, 3.05) is 0 Å². The maximum absolute atomic E-state index is 0. The summed E-state index contributed by atoms with van der Waals surface area (Å²) in [6.07, 6.45) is 0. The van der Waals surface area contributed by atoms with Gasteiger partial charge in [0.2, 0.25) is 0 Å². The van der Waals surface area contributed by atoms with Gasteiger partial charge in [-0.15, -0.1) is 0 Å². The molecule has 0 aromatic heterocycles. The molecule has 0 saturated carbocycles. The van der Waals surface area contributed by atoms with Gasteiger partial charge in [-0.05, 0) is 0 Å². The third-order valence-corrected chi connectivity index (χ3v) is 0. The van der Waals surface area contributed by atoms with E-state index < -0.39 is 0 Å². The normalized spacial score (nSPS) is 0. The van der Waals surface area contributed by atoms with Crippen LogP contribution in [-0.2, 0) is 105 Å². The van der Waals surface area contributed by atoms with Crippen LogP contribution in [-0.4, -0.2) is 0 Å². The average Bonchev–Trinajstić information content (AvgIpc) is 0. The number of hydrogen-bond donors (Lipinski definition) is 0. The topological polar surface area (TPSA) is 0 Å². The first-order valence-corrected chi connectivity index (χ1v) is 0. The Balaban J connectivity index is 0. The van der Waals surface area contributed by atoms with Crippen LogP contribution in [0.3, 0.4) is 0 Å². The Morgan fingerprint density at radius 2 is 0.200 bits per heavy atom. The minimum Gasteiger partial charge on any atom is 0 e. The SMILES string of the molecule is [Pt].[Pt].[Pt].[Pt].[Pt]. The van der Waals surface area contributed by atoms with E-state index in [4.69, 9.17) is 0 Å². The zero-order valence-corrected chi connectivity index (χ0v) is 12.9. The summed E-state index contributed by atoms with van der Waals surface area (Å²) >= 11 is 0. The smallest absolute Gasteiger partial charge is 0 e. The molecule has 0 aliphatic heterocycles. The Bertz CT molecular complexity index is 0. The Labute approximate surface area is 103 Å². The fourth-order valence-electron chi connectivity index (χ4n) is 0. The maximum Gasteiger partial charge on any atom is 0 e. The van der Waals surface area contributed by atoms with Crippen molar-refractivity contribution >= 4 is 0 Å². The second-order valence-electron chi connectivity index (χ2n) is 0. The first-order valence-electron chi connectivity index (χ1n) is 0. The molecule has 5 heteroatoms. The maximum atomic E-state index is 0. The molecular weight excluding hydrogens is 975 g/mol. The van der Waals surface area contributed by atoms with E-state index in [1.165, 1.54) is 0 Å². The summed E-state index contributed by atoms with van der Waals surface area (Å²) in [5, 5.41) is 0. The van der Waals surface area contributed by atoms with Crippen molar-refractivity contribution in [3.05, 3.63) is 0 Å². The summed E-state index contributed by atoms with van der Waals surface area (Å²) < 4.78 is 0. The largest absolute Gasteiger partial charge is 0 e. The third kappa shape index (κ3) is 18.6. The van der Waals surface area contributed by atoms with Crippen LogP contribution in [0.15, 0.2) is 0 Å². The van der Waals surface area contributed by atoms with Crippen molar-refractivity contribution in [3.8, 4) is 0 Å². The van der Waals surface area contributed by atoms with Gasteiger partial charge in [0, 0.05) is 105 Å². The first-order chi connectivity index (χ1) is 0. The molecule has 0 aliphatic rings. The molecule has 0 nitrogen and oxygen atoms in total. The van der Waals surface area contributed by atoms with Gasteiger partial charge >= 0.3 is 0 Å². The van der Waals surface area contributed by atoms with E-state index in [9.17, 15) is 0 Å². The van der Waals surface area contributed by atoms with Gasteiger partial charge in [0.15, 0.2) is 0 Å². The molecule has 50 valence electrons. The van der Waals surface area contributed by atoms with Gasteiger partial charge in [-0.1, -0.05) is 0 Å². The summed E-state index contributed by atoms with van der Waals surface area (Å²) in [7, 11) is 0. The number of rotatable bonds is 0. The predicted octanol–water partition coefficient (Wildman–Crippen LogP) is -0.0125. The van der Waals surface area contributed by atoms with Crippen molar-refractivity contribution in [2.45, 2.75) is 0 Å². The van der Waals surface area contributed by atoms with E-state index in [1.54, 1.807) is 0 Å². The predicted molar refractivity (Wildman–Crippen MR) is 0 cm³/mol. The van der Waals surface area contributed by atoms with Gasteiger partial charge < -0.3 is 0 Å². The van der Waals surface area contributed by atoms with Crippen molar-refractivity contribution in [1.82, 2.24) is 0 Å². The molecule has 0 spiro atoms. The minimum absolute atomic E-state index is 0. The summed E-state index contributed by atoms with van der Waals surface area (Å²) in [6.45, 7) is 0. The molecule has 0 unspecified atom stereocenters. The molecule has 0 heterocycles. The zero-order valence-electron chi connectivity index (χ0n) is 1.58.